The van der Waals surface area contributed by atoms with Crippen molar-refractivity contribution in [3.05, 3.63) is 35.9 Å². The van der Waals surface area contributed by atoms with E-state index in [0.29, 0.717) is 0 Å². The van der Waals surface area contributed by atoms with Crippen molar-refractivity contribution in [2.75, 3.05) is 7.11 Å². The Hall–Kier alpha value is -0.860. The molecule has 0 fully saturated rings. The lowest BCUT2D eigenvalue weighted by Gasteiger charge is -2.19. The van der Waals surface area contributed by atoms with Crippen molar-refractivity contribution in [1.29, 1.82) is 0 Å². The summed E-state index contributed by atoms with van der Waals surface area (Å²) in [6, 6.07) is 10.0. The van der Waals surface area contributed by atoms with Gasteiger partial charge in [0.1, 0.15) is 0 Å². The summed E-state index contributed by atoms with van der Waals surface area (Å²) < 4.78 is 5.27. The second-order valence-electron chi connectivity index (χ2n) is 2.93. The molecule has 2 heteroatoms. The topological polar surface area (TPSA) is 35.2 Å². The largest absolute Gasteiger partial charge is 0.375 e. The van der Waals surface area contributed by atoms with Crippen LogP contribution in [0, 0.1) is 0 Å². The number of hydrogen-bond donors (Lipinski definition) is 1. The summed E-state index contributed by atoms with van der Waals surface area (Å²) in [6.07, 6.45) is 0.00574. The molecule has 1 rings (SSSR count). The zero-order valence-electron chi connectivity index (χ0n) is 7.53. The Morgan fingerprint density at radius 3 is 2.25 bits per heavy atom. The maximum atomic E-state index is 5.75. The molecule has 1 unspecified atom stereocenters. The molecular formula is C10H15NO. The van der Waals surface area contributed by atoms with Gasteiger partial charge in [-0.05, 0) is 12.5 Å². The first kappa shape index (κ1) is 9.23. The summed E-state index contributed by atoms with van der Waals surface area (Å²) in [5.74, 6) is 0. The van der Waals surface area contributed by atoms with Gasteiger partial charge >= 0.3 is 0 Å². The predicted molar refractivity (Wildman–Crippen MR) is 49.8 cm³/mol. The van der Waals surface area contributed by atoms with Gasteiger partial charge in [-0.2, -0.15) is 0 Å². The van der Waals surface area contributed by atoms with Crippen molar-refractivity contribution in [1.82, 2.24) is 0 Å². The first-order valence-electron chi connectivity index (χ1n) is 4.09. The Morgan fingerprint density at radius 2 is 1.83 bits per heavy atom. The third-order valence-corrected chi connectivity index (χ3v) is 1.86. The molecule has 0 saturated carbocycles. The molecule has 0 saturated heterocycles. The third kappa shape index (κ3) is 2.06. The molecule has 2 N–H and O–H groups in total. The maximum absolute atomic E-state index is 5.75. The molecule has 0 heterocycles. The van der Waals surface area contributed by atoms with Crippen molar-refractivity contribution in [3.63, 3.8) is 0 Å². The molecule has 0 aliphatic carbocycles. The van der Waals surface area contributed by atoms with E-state index in [2.05, 4.69) is 0 Å². The third-order valence-electron chi connectivity index (χ3n) is 1.86. The van der Waals surface area contributed by atoms with Crippen LogP contribution in [0.15, 0.2) is 30.3 Å². The summed E-state index contributed by atoms with van der Waals surface area (Å²) in [7, 11) is 1.68. The quantitative estimate of drug-likeness (QED) is 0.740. The van der Waals surface area contributed by atoms with Crippen LogP contribution in [0.3, 0.4) is 0 Å². The molecule has 0 aliphatic heterocycles. The van der Waals surface area contributed by atoms with E-state index < -0.39 is 0 Å². The summed E-state index contributed by atoms with van der Waals surface area (Å²) in [5, 5.41) is 0. The molecule has 0 radical (unpaired) electrons. The fourth-order valence-corrected chi connectivity index (χ4v) is 1.30. The molecule has 12 heavy (non-hydrogen) atoms. The van der Waals surface area contributed by atoms with E-state index in [1.807, 2.05) is 37.3 Å². The van der Waals surface area contributed by atoms with Gasteiger partial charge < -0.3 is 10.5 Å². The van der Waals surface area contributed by atoms with Gasteiger partial charge in [0.2, 0.25) is 0 Å². The Balaban J connectivity index is 2.80. The standard InChI is InChI=1S/C10H15NO/c1-8(11)10(12-2)9-6-4-3-5-7-9/h3-8,10H,11H2,1-2H3/t8?,10-/m1/s1. The van der Waals surface area contributed by atoms with Crippen molar-refractivity contribution < 1.29 is 4.74 Å². The van der Waals surface area contributed by atoms with E-state index in [4.69, 9.17) is 10.5 Å². The van der Waals surface area contributed by atoms with Gasteiger partial charge in [0, 0.05) is 13.2 Å². The van der Waals surface area contributed by atoms with Crippen LogP contribution in [0.1, 0.15) is 18.6 Å². The molecular weight excluding hydrogens is 150 g/mol. The zero-order valence-corrected chi connectivity index (χ0v) is 7.53. The average Bonchev–Trinajstić information content (AvgIpc) is 2.07. The highest BCUT2D eigenvalue weighted by molar-refractivity contribution is 5.18. The summed E-state index contributed by atoms with van der Waals surface area (Å²) in [6.45, 7) is 1.95. The fraction of sp³-hybridized carbons (Fsp3) is 0.400. The van der Waals surface area contributed by atoms with E-state index in [9.17, 15) is 0 Å². The minimum absolute atomic E-state index is 0.00574. The van der Waals surface area contributed by atoms with Crippen LogP contribution in [0.2, 0.25) is 0 Å². The zero-order chi connectivity index (χ0) is 8.97. The average molecular weight is 165 g/mol. The lowest BCUT2D eigenvalue weighted by Crippen LogP contribution is -2.25. The number of benzene rings is 1. The Labute approximate surface area is 73.3 Å². The highest BCUT2D eigenvalue weighted by Crippen LogP contribution is 2.18. The smallest absolute Gasteiger partial charge is 0.0969 e. The van der Waals surface area contributed by atoms with E-state index in [0.717, 1.165) is 5.56 Å². The summed E-state index contributed by atoms with van der Waals surface area (Å²) >= 11 is 0. The van der Waals surface area contributed by atoms with Crippen LogP contribution in [0.5, 0.6) is 0 Å². The summed E-state index contributed by atoms with van der Waals surface area (Å²) in [5.41, 5.74) is 6.89. The van der Waals surface area contributed by atoms with Crippen LogP contribution < -0.4 is 5.73 Å². The van der Waals surface area contributed by atoms with Gasteiger partial charge in [0.25, 0.3) is 0 Å². The minimum atomic E-state index is 0.00574. The Morgan fingerprint density at radius 1 is 1.25 bits per heavy atom. The second-order valence-corrected chi connectivity index (χ2v) is 2.93. The molecule has 0 amide bonds. The van der Waals surface area contributed by atoms with Gasteiger partial charge in [-0.25, -0.2) is 0 Å². The molecule has 66 valence electrons. The number of hydrogen-bond acceptors (Lipinski definition) is 2. The summed E-state index contributed by atoms with van der Waals surface area (Å²) in [4.78, 5) is 0. The molecule has 0 spiro atoms. The van der Waals surface area contributed by atoms with E-state index >= 15 is 0 Å². The molecule has 0 aliphatic rings. The van der Waals surface area contributed by atoms with Crippen LogP contribution in [0.25, 0.3) is 0 Å². The Kier molecular flexibility index (Phi) is 3.26. The monoisotopic (exact) mass is 165 g/mol. The van der Waals surface area contributed by atoms with Crippen LogP contribution in [-0.4, -0.2) is 13.2 Å². The van der Waals surface area contributed by atoms with E-state index in [1.165, 1.54) is 0 Å². The lowest BCUT2D eigenvalue weighted by atomic mass is 10.0. The fourth-order valence-electron chi connectivity index (χ4n) is 1.30. The van der Waals surface area contributed by atoms with Gasteiger partial charge in [-0.1, -0.05) is 30.3 Å². The van der Waals surface area contributed by atoms with Crippen LogP contribution >= 0.6 is 0 Å². The predicted octanol–water partition coefficient (Wildman–Crippen LogP) is 1.72. The first-order valence-corrected chi connectivity index (χ1v) is 4.09. The number of nitrogens with two attached hydrogens (primary N) is 1. The molecule has 0 bridgehead atoms. The molecule has 0 aromatic heterocycles. The number of rotatable bonds is 3. The number of ether oxygens (including phenoxy) is 1. The molecule has 2 nitrogen and oxygen atoms in total. The first-order chi connectivity index (χ1) is 5.75. The van der Waals surface area contributed by atoms with Gasteiger partial charge in [0.15, 0.2) is 0 Å². The SMILES string of the molecule is CO[C@@H](c1ccccc1)C(C)N. The molecule has 1 aromatic rings. The second kappa shape index (κ2) is 4.24. The highest BCUT2D eigenvalue weighted by atomic mass is 16.5. The molecule has 2 atom stereocenters. The van der Waals surface area contributed by atoms with Gasteiger partial charge in [-0.15, -0.1) is 0 Å². The van der Waals surface area contributed by atoms with E-state index in [1.54, 1.807) is 7.11 Å². The van der Waals surface area contributed by atoms with Crippen molar-refractivity contribution in [3.8, 4) is 0 Å². The van der Waals surface area contributed by atoms with Gasteiger partial charge in [0.05, 0.1) is 6.10 Å². The van der Waals surface area contributed by atoms with Crippen molar-refractivity contribution >= 4 is 0 Å². The van der Waals surface area contributed by atoms with Crippen LogP contribution in [-0.2, 0) is 4.74 Å². The number of methoxy groups -OCH3 is 1. The maximum Gasteiger partial charge on any atom is 0.0969 e. The van der Waals surface area contributed by atoms with Crippen LogP contribution in [0.4, 0.5) is 0 Å². The van der Waals surface area contributed by atoms with Crippen molar-refractivity contribution in [2.24, 2.45) is 5.73 Å². The Bertz CT molecular complexity index is 221. The molecule has 1 aromatic carbocycles. The highest BCUT2D eigenvalue weighted by Gasteiger charge is 2.13. The minimum Gasteiger partial charge on any atom is -0.375 e. The van der Waals surface area contributed by atoms with Crippen molar-refractivity contribution in [2.45, 2.75) is 19.1 Å². The lowest BCUT2D eigenvalue weighted by molar-refractivity contribution is 0.0854. The van der Waals surface area contributed by atoms with Gasteiger partial charge in [-0.3, -0.25) is 0 Å². The van der Waals surface area contributed by atoms with E-state index in [-0.39, 0.29) is 12.1 Å². The normalized spacial score (nSPS) is 15.6.